The highest BCUT2D eigenvalue weighted by molar-refractivity contribution is 7.20. The van der Waals surface area contributed by atoms with Gasteiger partial charge in [-0.25, -0.2) is 0 Å². The number of hydrogen-bond acceptors (Lipinski definition) is 5. The molecule has 0 radical (unpaired) electrons. The van der Waals surface area contributed by atoms with Crippen molar-refractivity contribution in [3.8, 4) is 16.9 Å². The molecule has 7 nitrogen and oxygen atoms in total. The van der Waals surface area contributed by atoms with E-state index in [1.165, 1.54) is 11.3 Å². The first-order chi connectivity index (χ1) is 18.5. The van der Waals surface area contributed by atoms with E-state index in [2.05, 4.69) is 10.6 Å². The average molecular weight is 528 g/mol. The number of carbonyl (C=O) groups excluding carboxylic acids is 3. The first kappa shape index (κ1) is 25.5. The number of aromatic hydroxyl groups is 1. The van der Waals surface area contributed by atoms with Crippen LogP contribution in [0.4, 0.5) is 0 Å². The summed E-state index contributed by atoms with van der Waals surface area (Å²) in [5.74, 6) is -0.457. The van der Waals surface area contributed by atoms with Crippen molar-refractivity contribution in [3.63, 3.8) is 0 Å². The Morgan fingerprint density at radius 1 is 0.868 bits per heavy atom. The van der Waals surface area contributed by atoms with Gasteiger partial charge in [0.15, 0.2) is 0 Å². The van der Waals surface area contributed by atoms with E-state index in [4.69, 9.17) is 0 Å². The molecule has 2 heterocycles. The van der Waals surface area contributed by atoms with Crippen molar-refractivity contribution in [1.29, 1.82) is 0 Å². The lowest BCUT2D eigenvalue weighted by Crippen LogP contribution is -2.41. The number of nitrogens with one attached hydrogen (secondary N) is 2. The number of thiophene rings is 1. The quantitative estimate of drug-likeness (QED) is 0.337. The van der Waals surface area contributed by atoms with Crippen LogP contribution in [0, 0.1) is 0 Å². The molecule has 194 valence electrons. The third-order valence-electron chi connectivity index (χ3n) is 6.63. The number of carbonyl (C=O) groups is 3. The van der Waals surface area contributed by atoms with Gasteiger partial charge in [-0.3, -0.25) is 14.4 Å². The summed E-state index contributed by atoms with van der Waals surface area (Å²) in [5.41, 5.74) is 2.83. The second kappa shape index (κ2) is 11.5. The van der Waals surface area contributed by atoms with Gasteiger partial charge in [-0.15, -0.1) is 11.3 Å². The fourth-order valence-corrected chi connectivity index (χ4v) is 5.63. The van der Waals surface area contributed by atoms with Gasteiger partial charge in [0.2, 0.25) is 5.91 Å². The second-order valence-electron chi connectivity index (χ2n) is 9.37. The number of fused-ring (bicyclic) bond motifs is 6. The normalized spacial score (nSPS) is 15.3. The first-order valence-corrected chi connectivity index (χ1v) is 13.5. The summed E-state index contributed by atoms with van der Waals surface area (Å²) in [7, 11) is 0. The van der Waals surface area contributed by atoms with Crippen molar-refractivity contribution in [1.82, 2.24) is 15.5 Å². The summed E-state index contributed by atoms with van der Waals surface area (Å²) in [5, 5.41) is 17.3. The van der Waals surface area contributed by atoms with Gasteiger partial charge in [0, 0.05) is 35.5 Å². The van der Waals surface area contributed by atoms with Crippen LogP contribution in [0.15, 0.2) is 72.8 Å². The first-order valence-electron chi connectivity index (χ1n) is 12.7. The van der Waals surface area contributed by atoms with Gasteiger partial charge in [0.1, 0.15) is 5.75 Å². The molecule has 1 aliphatic heterocycles. The van der Waals surface area contributed by atoms with Gasteiger partial charge in [-0.2, -0.15) is 0 Å². The maximum atomic E-state index is 13.4. The standard InChI is InChI=1S/C30H29N3O4S/c34-25-11-10-20-12-14-31-28(35)19-33(30(37)27-18-22-6-1-2-9-26(22)38-27)15-4-3-13-32-29(36)23-8-5-7-21(17-23)24(25)16-20/h1-2,5-11,16-18,34H,3-4,12-15,19H2,(H,31,35)(H,32,36). The van der Waals surface area contributed by atoms with Crippen molar-refractivity contribution in [2.75, 3.05) is 26.2 Å². The molecule has 4 bridgehead atoms. The zero-order valence-corrected chi connectivity index (χ0v) is 21.7. The van der Waals surface area contributed by atoms with Crippen LogP contribution in [0.3, 0.4) is 0 Å². The van der Waals surface area contributed by atoms with Crippen LogP contribution in [0.25, 0.3) is 21.2 Å². The van der Waals surface area contributed by atoms with E-state index in [1.807, 2.05) is 48.5 Å². The van der Waals surface area contributed by atoms with E-state index < -0.39 is 0 Å². The molecule has 0 aliphatic carbocycles. The third-order valence-corrected chi connectivity index (χ3v) is 7.74. The Hall–Kier alpha value is -4.17. The Morgan fingerprint density at radius 2 is 1.71 bits per heavy atom. The largest absolute Gasteiger partial charge is 0.507 e. The molecule has 38 heavy (non-hydrogen) atoms. The fraction of sp³-hybridized carbons (Fsp3) is 0.233. The topological polar surface area (TPSA) is 98.7 Å². The summed E-state index contributed by atoms with van der Waals surface area (Å²) in [6.07, 6.45) is 1.86. The van der Waals surface area contributed by atoms with Gasteiger partial charge < -0.3 is 20.6 Å². The van der Waals surface area contributed by atoms with Gasteiger partial charge in [-0.05, 0) is 72.2 Å². The molecule has 0 spiro atoms. The van der Waals surface area contributed by atoms with Gasteiger partial charge in [-0.1, -0.05) is 36.4 Å². The van der Waals surface area contributed by atoms with Crippen LogP contribution in [-0.2, 0) is 11.2 Å². The molecular weight excluding hydrogens is 498 g/mol. The Labute approximate surface area is 225 Å². The minimum Gasteiger partial charge on any atom is -0.507 e. The monoisotopic (exact) mass is 527 g/mol. The predicted molar refractivity (Wildman–Crippen MR) is 150 cm³/mol. The third kappa shape index (κ3) is 5.86. The lowest BCUT2D eigenvalue weighted by molar-refractivity contribution is -0.121. The summed E-state index contributed by atoms with van der Waals surface area (Å²) >= 11 is 1.43. The van der Waals surface area contributed by atoms with Crippen LogP contribution in [0.2, 0.25) is 0 Å². The van der Waals surface area contributed by atoms with Crippen molar-refractivity contribution >= 4 is 39.1 Å². The minimum atomic E-state index is -0.222. The second-order valence-corrected chi connectivity index (χ2v) is 10.5. The molecule has 8 heteroatoms. The van der Waals surface area contributed by atoms with Crippen LogP contribution >= 0.6 is 11.3 Å². The molecule has 0 atom stereocenters. The van der Waals surface area contributed by atoms with E-state index in [-0.39, 0.29) is 30.0 Å². The number of phenols is 1. The number of nitrogens with zero attached hydrogens (tertiary/aromatic N) is 1. The van der Waals surface area contributed by atoms with Crippen molar-refractivity contribution < 1.29 is 19.5 Å². The Kier molecular flexibility index (Phi) is 7.70. The number of benzene rings is 3. The van der Waals surface area contributed by atoms with E-state index >= 15 is 0 Å². The maximum absolute atomic E-state index is 13.4. The maximum Gasteiger partial charge on any atom is 0.264 e. The molecule has 0 saturated carbocycles. The smallest absolute Gasteiger partial charge is 0.264 e. The zero-order chi connectivity index (χ0) is 26.5. The highest BCUT2D eigenvalue weighted by Crippen LogP contribution is 2.31. The van der Waals surface area contributed by atoms with Gasteiger partial charge in [0.05, 0.1) is 11.4 Å². The fourth-order valence-electron chi connectivity index (χ4n) is 4.60. The minimum absolute atomic E-state index is 0.0369. The van der Waals surface area contributed by atoms with E-state index in [9.17, 15) is 19.5 Å². The van der Waals surface area contributed by atoms with Crippen molar-refractivity contribution in [3.05, 3.63) is 88.8 Å². The molecule has 3 aromatic carbocycles. The van der Waals surface area contributed by atoms with Crippen LogP contribution in [0.1, 0.15) is 38.4 Å². The van der Waals surface area contributed by atoms with Gasteiger partial charge >= 0.3 is 0 Å². The van der Waals surface area contributed by atoms with E-state index in [0.717, 1.165) is 21.2 Å². The summed E-state index contributed by atoms with van der Waals surface area (Å²) in [4.78, 5) is 41.2. The Morgan fingerprint density at radius 3 is 2.58 bits per heavy atom. The molecule has 3 N–H and O–H groups in total. The molecule has 5 rings (SSSR count). The van der Waals surface area contributed by atoms with E-state index in [0.29, 0.717) is 54.9 Å². The summed E-state index contributed by atoms with van der Waals surface area (Å²) in [6, 6.07) is 22.2. The van der Waals surface area contributed by atoms with Crippen LogP contribution in [0.5, 0.6) is 5.75 Å². The van der Waals surface area contributed by atoms with Gasteiger partial charge in [0.25, 0.3) is 11.8 Å². The molecule has 1 aliphatic rings. The molecule has 0 fully saturated rings. The van der Waals surface area contributed by atoms with Crippen molar-refractivity contribution in [2.24, 2.45) is 0 Å². The average Bonchev–Trinajstić information content (AvgIpc) is 3.37. The molecule has 4 aromatic rings. The molecule has 3 amide bonds. The zero-order valence-electron chi connectivity index (χ0n) is 20.9. The van der Waals surface area contributed by atoms with Crippen molar-refractivity contribution in [2.45, 2.75) is 19.3 Å². The molecule has 0 saturated heterocycles. The number of phenolic OH excluding ortho intramolecular Hbond substituents is 1. The molecule has 0 unspecified atom stereocenters. The molecule has 1 aromatic heterocycles. The highest BCUT2D eigenvalue weighted by Gasteiger charge is 2.21. The predicted octanol–water partition coefficient (Wildman–Crippen LogP) is 4.60. The lowest BCUT2D eigenvalue weighted by Gasteiger charge is -2.22. The number of hydrogen-bond donors (Lipinski definition) is 3. The Bertz CT molecular complexity index is 1460. The molecular formula is C30H29N3O4S. The Balaban J connectivity index is 1.36. The summed E-state index contributed by atoms with van der Waals surface area (Å²) in [6.45, 7) is 1.22. The van der Waals surface area contributed by atoms with Crippen LogP contribution in [-0.4, -0.2) is 53.9 Å². The summed E-state index contributed by atoms with van der Waals surface area (Å²) < 4.78 is 1.03. The highest BCUT2D eigenvalue weighted by atomic mass is 32.1. The lowest BCUT2D eigenvalue weighted by atomic mass is 9.98. The SMILES string of the molecule is O=C1CN(C(=O)c2cc3ccccc3s2)CCCCNC(=O)c2cccc(c2)-c2cc(ccc2O)CCN1. The number of rotatable bonds is 1. The van der Waals surface area contributed by atoms with E-state index in [1.54, 1.807) is 29.2 Å². The van der Waals surface area contributed by atoms with Crippen LogP contribution < -0.4 is 10.6 Å². The number of amides is 3.